The molecule has 2 amide bonds. The molecule has 1 atom stereocenters. The first-order chi connectivity index (χ1) is 13.0. The zero-order valence-corrected chi connectivity index (χ0v) is 16.6. The van der Waals surface area contributed by atoms with Gasteiger partial charge in [-0.1, -0.05) is 37.3 Å². The van der Waals surface area contributed by atoms with Crippen LogP contribution in [-0.4, -0.2) is 42.2 Å². The van der Waals surface area contributed by atoms with Crippen LogP contribution in [0.4, 0.5) is 5.13 Å². The van der Waals surface area contributed by atoms with E-state index in [4.69, 9.17) is 4.74 Å². The number of carbonyl (C=O) groups is 2. The van der Waals surface area contributed by atoms with Crippen LogP contribution in [0, 0.1) is 5.92 Å². The van der Waals surface area contributed by atoms with Gasteiger partial charge in [0.25, 0.3) is 0 Å². The molecule has 1 saturated heterocycles. The lowest BCUT2D eigenvalue weighted by Gasteiger charge is -2.13. The third-order valence-corrected chi connectivity index (χ3v) is 5.77. The average molecular weight is 388 g/mol. The fourth-order valence-electron chi connectivity index (χ4n) is 2.90. The van der Waals surface area contributed by atoms with E-state index in [0.29, 0.717) is 18.2 Å². The predicted octanol–water partition coefficient (Wildman–Crippen LogP) is 2.38. The highest BCUT2D eigenvalue weighted by molar-refractivity contribution is 7.15. The van der Waals surface area contributed by atoms with Gasteiger partial charge in [-0.15, -0.1) is 10.2 Å². The van der Waals surface area contributed by atoms with Crippen LogP contribution in [-0.2, 0) is 16.0 Å². The molecule has 0 saturated carbocycles. The number of nitrogens with zero attached hydrogens (tertiary/aromatic N) is 3. The van der Waals surface area contributed by atoms with E-state index in [0.717, 1.165) is 22.7 Å². The smallest absolute Gasteiger partial charge is 0.229 e. The van der Waals surface area contributed by atoms with E-state index < -0.39 is 0 Å². The van der Waals surface area contributed by atoms with E-state index in [-0.39, 0.29) is 30.1 Å². The summed E-state index contributed by atoms with van der Waals surface area (Å²) in [6, 6.07) is 7.76. The third kappa shape index (κ3) is 4.63. The van der Waals surface area contributed by atoms with Crippen LogP contribution < -0.4 is 15.0 Å². The molecular weight excluding hydrogens is 364 g/mol. The molecule has 144 valence electrons. The zero-order valence-electron chi connectivity index (χ0n) is 15.8. The number of amides is 2. The van der Waals surface area contributed by atoms with Crippen molar-refractivity contribution in [1.29, 1.82) is 0 Å². The molecule has 1 aromatic heterocycles. The van der Waals surface area contributed by atoms with E-state index in [1.54, 1.807) is 12.0 Å². The van der Waals surface area contributed by atoms with Gasteiger partial charge in [0, 0.05) is 25.4 Å². The Labute approximate surface area is 162 Å². The molecule has 0 radical (unpaired) electrons. The van der Waals surface area contributed by atoms with Crippen molar-refractivity contribution in [2.75, 3.05) is 25.1 Å². The van der Waals surface area contributed by atoms with E-state index in [9.17, 15) is 9.59 Å². The summed E-state index contributed by atoms with van der Waals surface area (Å²) in [6.45, 7) is 4.97. The summed E-state index contributed by atoms with van der Waals surface area (Å²) in [7, 11) is 1.63. The van der Waals surface area contributed by atoms with E-state index in [2.05, 4.69) is 15.5 Å². The molecule has 8 heteroatoms. The van der Waals surface area contributed by atoms with Crippen LogP contribution in [0.1, 0.15) is 36.8 Å². The van der Waals surface area contributed by atoms with Crippen LogP contribution >= 0.6 is 11.3 Å². The van der Waals surface area contributed by atoms with Gasteiger partial charge in [-0.3, -0.25) is 14.5 Å². The lowest BCUT2D eigenvalue weighted by atomic mass is 10.1. The molecular formula is C19H24N4O3S. The minimum Gasteiger partial charge on any atom is -0.497 e. The van der Waals surface area contributed by atoms with E-state index in [1.807, 2.05) is 38.1 Å². The van der Waals surface area contributed by atoms with Gasteiger partial charge in [-0.2, -0.15) is 0 Å². The van der Waals surface area contributed by atoms with Crippen molar-refractivity contribution in [3.63, 3.8) is 0 Å². The standard InChI is InChI=1S/C19H24N4O3S/c1-12(2)18-21-22-19(27-18)23-11-14(10-16(23)24)17(25)20-9-8-13-4-6-15(26-3)7-5-13/h4-7,12,14H,8-11H2,1-3H3,(H,20,25). The van der Waals surface area contributed by atoms with Gasteiger partial charge in [0.2, 0.25) is 16.9 Å². The fraction of sp³-hybridized carbons (Fsp3) is 0.474. The quantitative estimate of drug-likeness (QED) is 0.787. The Morgan fingerprint density at radius 2 is 2.07 bits per heavy atom. The summed E-state index contributed by atoms with van der Waals surface area (Å²) < 4.78 is 5.14. The molecule has 1 aromatic carbocycles. The second-order valence-corrected chi connectivity index (χ2v) is 7.86. The summed E-state index contributed by atoms with van der Waals surface area (Å²) in [5.74, 6) is 0.570. The highest BCUT2D eigenvalue weighted by Crippen LogP contribution is 2.30. The average Bonchev–Trinajstić information content (AvgIpc) is 3.29. The molecule has 0 spiro atoms. The maximum atomic E-state index is 12.4. The Hall–Kier alpha value is -2.48. The molecule has 2 heterocycles. The number of carbonyl (C=O) groups excluding carboxylic acids is 2. The molecule has 1 aliphatic heterocycles. The molecule has 1 fully saturated rings. The number of benzene rings is 1. The molecule has 3 rings (SSSR count). The third-order valence-electron chi connectivity index (χ3n) is 4.52. The predicted molar refractivity (Wildman–Crippen MR) is 104 cm³/mol. The monoisotopic (exact) mass is 388 g/mol. The van der Waals surface area contributed by atoms with E-state index in [1.165, 1.54) is 11.3 Å². The van der Waals surface area contributed by atoms with Crippen molar-refractivity contribution in [3.05, 3.63) is 34.8 Å². The molecule has 2 aromatic rings. The van der Waals surface area contributed by atoms with Crippen molar-refractivity contribution in [2.24, 2.45) is 5.92 Å². The number of hydrogen-bond donors (Lipinski definition) is 1. The number of ether oxygens (including phenoxy) is 1. The summed E-state index contributed by atoms with van der Waals surface area (Å²) >= 11 is 1.41. The lowest BCUT2D eigenvalue weighted by Crippen LogP contribution is -2.34. The van der Waals surface area contributed by atoms with Crippen molar-refractivity contribution >= 4 is 28.3 Å². The van der Waals surface area contributed by atoms with Crippen molar-refractivity contribution in [2.45, 2.75) is 32.6 Å². The first-order valence-electron chi connectivity index (χ1n) is 9.02. The van der Waals surface area contributed by atoms with Crippen molar-refractivity contribution in [3.8, 4) is 5.75 Å². The maximum Gasteiger partial charge on any atom is 0.229 e. The first-order valence-corrected chi connectivity index (χ1v) is 9.84. The Balaban J connectivity index is 1.50. The van der Waals surface area contributed by atoms with Crippen LogP contribution in [0.5, 0.6) is 5.75 Å². The Morgan fingerprint density at radius 3 is 2.70 bits per heavy atom. The second-order valence-electron chi connectivity index (χ2n) is 6.87. The molecule has 27 heavy (non-hydrogen) atoms. The summed E-state index contributed by atoms with van der Waals surface area (Å²) in [5, 5.41) is 12.6. The summed E-state index contributed by atoms with van der Waals surface area (Å²) in [4.78, 5) is 26.3. The zero-order chi connectivity index (χ0) is 19.4. The summed E-state index contributed by atoms with van der Waals surface area (Å²) in [6.07, 6.45) is 0.944. The first kappa shape index (κ1) is 19.3. The van der Waals surface area contributed by atoms with Crippen LogP contribution in [0.25, 0.3) is 0 Å². The van der Waals surface area contributed by atoms with Gasteiger partial charge in [0.05, 0.1) is 13.0 Å². The number of aromatic nitrogens is 2. The molecule has 7 nitrogen and oxygen atoms in total. The van der Waals surface area contributed by atoms with Gasteiger partial charge in [-0.25, -0.2) is 0 Å². The lowest BCUT2D eigenvalue weighted by molar-refractivity contribution is -0.126. The topological polar surface area (TPSA) is 84.4 Å². The minimum atomic E-state index is -0.347. The van der Waals surface area contributed by atoms with Crippen LogP contribution in [0.15, 0.2) is 24.3 Å². The molecule has 1 N–H and O–H groups in total. The van der Waals surface area contributed by atoms with Crippen molar-refractivity contribution in [1.82, 2.24) is 15.5 Å². The van der Waals surface area contributed by atoms with Gasteiger partial charge < -0.3 is 10.1 Å². The number of rotatable bonds is 7. The second kappa shape index (κ2) is 8.47. The largest absolute Gasteiger partial charge is 0.497 e. The van der Waals surface area contributed by atoms with Crippen LogP contribution in [0.3, 0.4) is 0 Å². The molecule has 0 aliphatic carbocycles. The fourth-order valence-corrected chi connectivity index (χ4v) is 3.78. The Morgan fingerprint density at radius 1 is 1.33 bits per heavy atom. The van der Waals surface area contributed by atoms with Crippen molar-refractivity contribution < 1.29 is 14.3 Å². The SMILES string of the molecule is COc1ccc(CCNC(=O)C2CC(=O)N(c3nnc(C(C)C)s3)C2)cc1. The maximum absolute atomic E-state index is 12.4. The minimum absolute atomic E-state index is 0.0724. The Bertz CT molecular complexity index is 804. The molecule has 1 unspecified atom stereocenters. The number of anilines is 1. The highest BCUT2D eigenvalue weighted by Gasteiger charge is 2.36. The van der Waals surface area contributed by atoms with Gasteiger partial charge in [-0.05, 0) is 24.1 Å². The van der Waals surface area contributed by atoms with Gasteiger partial charge in [0.15, 0.2) is 0 Å². The summed E-state index contributed by atoms with van der Waals surface area (Å²) in [5.41, 5.74) is 1.12. The number of nitrogens with one attached hydrogen (secondary N) is 1. The Kier molecular flexibility index (Phi) is 6.05. The molecule has 0 bridgehead atoms. The van der Waals surface area contributed by atoms with Gasteiger partial charge >= 0.3 is 0 Å². The van der Waals surface area contributed by atoms with Gasteiger partial charge in [0.1, 0.15) is 10.8 Å². The number of hydrogen-bond acceptors (Lipinski definition) is 6. The molecule has 1 aliphatic rings. The van der Waals surface area contributed by atoms with E-state index >= 15 is 0 Å². The van der Waals surface area contributed by atoms with Crippen LogP contribution in [0.2, 0.25) is 0 Å². The highest BCUT2D eigenvalue weighted by atomic mass is 32.1. The number of methoxy groups -OCH3 is 1. The normalized spacial score (nSPS) is 16.8.